The topological polar surface area (TPSA) is 75.1 Å². The van der Waals surface area contributed by atoms with E-state index in [0.717, 1.165) is 72.7 Å². The Morgan fingerprint density at radius 2 is 1.88 bits per heavy atom. The van der Waals surface area contributed by atoms with E-state index in [2.05, 4.69) is 34.5 Å². The first-order chi connectivity index (χ1) is 16.0. The van der Waals surface area contributed by atoms with Crippen molar-refractivity contribution in [3.05, 3.63) is 45.4 Å². The molecule has 0 atom stereocenters. The van der Waals surface area contributed by atoms with Gasteiger partial charge >= 0.3 is 0 Å². The van der Waals surface area contributed by atoms with Crippen LogP contribution in [0.5, 0.6) is 5.75 Å². The van der Waals surface area contributed by atoms with Crippen LogP contribution in [0.1, 0.15) is 76.5 Å². The van der Waals surface area contributed by atoms with Crippen LogP contribution in [0.4, 0.5) is 0 Å². The molecule has 7 nitrogen and oxygen atoms in total. The molecule has 1 aromatic heterocycles. The molecule has 1 aromatic rings. The number of rotatable bonds is 8. The molecule has 0 spiro atoms. The number of ether oxygens (including phenoxy) is 1. The maximum atomic E-state index is 11.8. The van der Waals surface area contributed by atoms with E-state index < -0.39 is 5.91 Å². The van der Waals surface area contributed by atoms with Crippen molar-refractivity contribution < 1.29 is 9.53 Å². The summed E-state index contributed by atoms with van der Waals surface area (Å²) in [5.74, 6) is 0.249. The average molecular weight is 473 g/mol. The second kappa shape index (κ2) is 12.2. The highest BCUT2D eigenvalue weighted by molar-refractivity contribution is 7.96. The Labute approximate surface area is 201 Å². The van der Waals surface area contributed by atoms with Gasteiger partial charge < -0.3 is 13.9 Å². The number of nitroso groups, excluding NO2 is 1. The summed E-state index contributed by atoms with van der Waals surface area (Å²) in [4.78, 5) is 29.9. The van der Waals surface area contributed by atoms with Crippen molar-refractivity contribution in [3.8, 4) is 5.75 Å². The number of methoxy groups -OCH3 is 1. The van der Waals surface area contributed by atoms with Gasteiger partial charge in [-0.15, -0.1) is 4.91 Å². The van der Waals surface area contributed by atoms with Gasteiger partial charge in [0.15, 0.2) is 0 Å². The second-order valence-corrected chi connectivity index (χ2v) is 9.35. The summed E-state index contributed by atoms with van der Waals surface area (Å²) in [5, 5.41) is 2.64. The number of aromatic nitrogens is 1. The molecule has 2 aliphatic rings. The Hall–Kier alpha value is -2.35. The molecule has 180 valence electrons. The van der Waals surface area contributed by atoms with Gasteiger partial charge in [-0.1, -0.05) is 38.1 Å². The third-order valence-corrected chi connectivity index (χ3v) is 7.43. The summed E-state index contributed by atoms with van der Waals surface area (Å²) in [5.41, 5.74) is 6.66. The van der Waals surface area contributed by atoms with Crippen molar-refractivity contribution in [2.24, 2.45) is 5.18 Å². The molecule has 3 heterocycles. The summed E-state index contributed by atoms with van der Waals surface area (Å²) in [7, 11) is 1.70. The van der Waals surface area contributed by atoms with Crippen molar-refractivity contribution in [2.75, 3.05) is 26.5 Å². The predicted molar refractivity (Wildman–Crippen MR) is 134 cm³/mol. The van der Waals surface area contributed by atoms with Crippen LogP contribution in [0.15, 0.2) is 34.4 Å². The molecule has 3 rings (SSSR count). The lowest BCUT2D eigenvalue weighted by atomic mass is 9.90. The van der Waals surface area contributed by atoms with E-state index in [1.807, 2.05) is 12.3 Å². The van der Waals surface area contributed by atoms with E-state index in [9.17, 15) is 9.70 Å². The Kier molecular flexibility index (Phi) is 9.35. The maximum Gasteiger partial charge on any atom is 0.286 e. The normalized spacial score (nSPS) is 17.7. The Morgan fingerprint density at radius 1 is 1.18 bits per heavy atom. The van der Waals surface area contributed by atoms with E-state index >= 15 is 0 Å². The molecule has 33 heavy (non-hydrogen) atoms. The quantitative estimate of drug-likeness (QED) is 0.343. The number of carbonyl (C=O) groups is 1. The first kappa shape index (κ1) is 25.3. The molecule has 0 aliphatic carbocycles. The molecular weight excluding hydrogens is 436 g/mol. The molecule has 1 fully saturated rings. The van der Waals surface area contributed by atoms with Crippen LogP contribution < -0.4 is 4.74 Å². The molecule has 0 bridgehead atoms. The number of nitrogens with zero attached hydrogens (tertiary/aromatic N) is 4. The summed E-state index contributed by atoms with van der Waals surface area (Å²) < 4.78 is 8.00. The minimum absolute atomic E-state index is 0.131. The number of carbonyl (C=O) groups excluding carboxylic acids is 1. The molecule has 0 radical (unpaired) electrons. The van der Waals surface area contributed by atoms with Crippen molar-refractivity contribution >= 4 is 23.4 Å². The Bertz CT molecular complexity index is 920. The molecule has 0 aromatic carbocycles. The standard InChI is InChI=1S/C25H36N4O3S/c1-5-20-24(25-19(17-29(20)33-4)22(32-3)13-14-26-25)18(2)21(11-12-23(30)27-31)28-15-9-7-6-8-10-16-28/h13-14H,5-12,15-17H2,1-4H3/b21-18+. The van der Waals surface area contributed by atoms with Crippen molar-refractivity contribution in [1.82, 2.24) is 14.2 Å². The fourth-order valence-corrected chi connectivity index (χ4v) is 5.67. The van der Waals surface area contributed by atoms with Gasteiger partial charge in [-0.25, -0.2) is 0 Å². The summed E-state index contributed by atoms with van der Waals surface area (Å²) in [6.07, 6.45) is 11.4. The SMILES string of the molecule is CCC1=C(/C(C)=C(\CCC(=O)N=O)N2CCCCCCC2)c2nccc(OC)c2CN1SC. The minimum atomic E-state index is -0.591. The summed E-state index contributed by atoms with van der Waals surface area (Å²) in [6, 6.07) is 1.92. The summed E-state index contributed by atoms with van der Waals surface area (Å²) >= 11 is 1.70. The lowest BCUT2D eigenvalue weighted by Crippen LogP contribution is -2.29. The molecular formula is C25H36N4O3S. The number of hydrogen-bond donors (Lipinski definition) is 0. The van der Waals surface area contributed by atoms with E-state index in [0.29, 0.717) is 6.42 Å². The zero-order valence-electron chi connectivity index (χ0n) is 20.4. The van der Waals surface area contributed by atoms with Gasteiger partial charge in [-0.3, -0.25) is 9.78 Å². The highest BCUT2D eigenvalue weighted by atomic mass is 32.2. The van der Waals surface area contributed by atoms with Crippen LogP contribution in [-0.4, -0.2) is 46.6 Å². The first-order valence-corrected chi connectivity index (χ1v) is 13.1. The molecule has 0 unspecified atom stereocenters. The smallest absolute Gasteiger partial charge is 0.286 e. The monoisotopic (exact) mass is 472 g/mol. The predicted octanol–water partition coefficient (Wildman–Crippen LogP) is 5.92. The number of fused-ring (bicyclic) bond motifs is 1. The van der Waals surface area contributed by atoms with Gasteiger partial charge in [-0.2, -0.15) is 0 Å². The lowest BCUT2D eigenvalue weighted by Gasteiger charge is -2.36. The van der Waals surface area contributed by atoms with E-state index in [1.165, 1.54) is 25.0 Å². The van der Waals surface area contributed by atoms with Gasteiger partial charge in [0, 0.05) is 59.7 Å². The zero-order valence-corrected chi connectivity index (χ0v) is 21.2. The second-order valence-electron chi connectivity index (χ2n) is 8.55. The minimum Gasteiger partial charge on any atom is -0.496 e. The highest BCUT2D eigenvalue weighted by Crippen LogP contribution is 2.43. The fourth-order valence-electron chi connectivity index (χ4n) is 4.97. The fraction of sp³-hybridized carbons (Fsp3) is 0.600. The van der Waals surface area contributed by atoms with E-state index in [-0.39, 0.29) is 6.42 Å². The van der Waals surface area contributed by atoms with Gasteiger partial charge in [0.2, 0.25) is 0 Å². The molecule has 8 heteroatoms. The van der Waals surface area contributed by atoms with Gasteiger partial charge in [0.1, 0.15) is 5.75 Å². The molecule has 1 amide bonds. The third kappa shape index (κ3) is 5.78. The highest BCUT2D eigenvalue weighted by Gasteiger charge is 2.30. The number of likely N-dealkylation sites (tertiary alicyclic amines) is 1. The Balaban J connectivity index is 2.18. The van der Waals surface area contributed by atoms with Gasteiger partial charge in [-0.05, 0) is 44.2 Å². The lowest BCUT2D eigenvalue weighted by molar-refractivity contribution is -0.117. The van der Waals surface area contributed by atoms with Crippen LogP contribution in [0.3, 0.4) is 0 Å². The van der Waals surface area contributed by atoms with E-state index in [4.69, 9.17) is 9.72 Å². The third-order valence-electron chi connectivity index (χ3n) is 6.64. The molecule has 0 N–H and O–H groups in total. The van der Waals surface area contributed by atoms with Crippen molar-refractivity contribution in [2.45, 2.75) is 71.8 Å². The van der Waals surface area contributed by atoms with Crippen LogP contribution in [-0.2, 0) is 11.3 Å². The number of hydrogen-bond acceptors (Lipinski definition) is 7. The van der Waals surface area contributed by atoms with Crippen molar-refractivity contribution in [1.29, 1.82) is 0 Å². The van der Waals surface area contributed by atoms with Crippen molar-refractivity contribution in [3.63, 3.8) is 0 Å². The molecule has 0 saturated carbocycles. The van der Waals surface area contributed by atoms with Crippen LogP contribution >= 0.6 is 11.9 Å². The van der Waals surface area contributed by atoms with Crippen LogP contribution in [0.2, 0.25) is 0 Å². The number of amides is 1. The van der Waals surface area contributed by atoms with E-state index in [1.54, 1.807) is 19.1 Å². The average Bonchev–Trinajstić information content (AvgIpc) is 2.82. The summed E-state index contributed by atoms with van der Waals surface area (Å²) in [6.45, 7) is 6.99. The number of allylic oxidation sites excluding steroid dienone is 4. The van der Waals surface area contributed by atoms with Crippen LogP contribution in [0, 0.1) is 4.91 Å². The molecule has 2 aliphatic heterocycles. The maximum absolute atomic E-state index is 11.8. The first-order valence-electron chi connectivity index (χ1n) is 11.9. The largest absolute Gasteiger partial charge is 0.496 e. The van der Waals surface area contributed by atoms with Gasteiger partial charge in [0.05, 0.1) is 19.3 Å². The molecule has 1 saturated heterocycles. The van der Waals surface area contributed by atoms with Gasteiger partial charge in [0.25, 0.3) is 5.91 Å². The Morgan fingerprint density at radius 3 is 2.48 bits per heavy atom. The number of pyridine rings is 1. The zero-order chi connectivity index (χ0) is 23.8. The van der Waals surface area contributed by atoms with Crippen LogP contribution in [0.25, 0.3) is 5.57 Å².